The molecule has 6 heteroatoms. The van der Waals surface area contributed by atoms with Gasteiger partial charge in [0.05, 0.1) is 24.3 Å². The van der Waals surface area contributed by atoms with Gasteiger partial charge in [0, 0.05) is 37.0 Å². The molecule has 2 rings (SSSR count). The highest BCUT2D eigenvalue weighted by Gasteiger charge is 2.08. The molecule has 0 bridgehead atoms. The van der Waals surface area contributed by atoms with Crippen LogP contribution < -0.4 is 15.8 Å². The molecule has 0 radical (unpaired) electrons. The van der Waals surface area contributed by atoms with Crippen LogP contribution in [0.4, 0.5) is 15.8 Å². The Labute approximate surface area is 111 Å². The van der Waals surface area contributed by atoms with E-state index in [1.807, 2.05) is 0 Å². The minimum Gasteiger partial charge on any atom is -0.491 e. The molecule has 19 heavy (non-hydrogen) atoms. The number of nitrogens with zero attached hydrogens (tertiary/aromatic N) is 1. The van der Waals surface area contributed by atoms with Crippen molar-refractivity contribution in [2.75, 3.05) is 24.2 Å². The van der Waals surface area contributed by atoms with Crippen LogP contribution in [0.2, 0.25) is 0 Å². The summed E-state index contributed by atoms with van der Waals surface area (Å²) in [4.78, 5) is 6.95. The summed E-state index contributed by atoms with van der Waals surface area (Å²) >= 11 is 0. The number of rotatable bonds is 6. The van der Waals surface area contributed by atoms with Crippen LogP contribution in [0.5, 0.6) is 5.75 Å². The number of anilines is 2. The monoisotopic (exact) mass is 264 g/mol. The Kier molecular flexibility index (Phi) is 4.22. The van der Waals surface area contributed by atoms with Crippen molar-refractivity contribution in [1.82, 2.24) is 9.97 Å². The molecule has 0 saturated heterocycles. The molecular weight excluding hydrogens is 247 g/mol. The van der Waals surface area contributed by atoms with Gasteiger partial charge in [-0.2, -0.15) is 0 Å². The van der Waals surface area contributed by atoms with E-state index in [0.29, 0.717) is 24.5 Å². The first-order valence-electron chi connectivity index (χ1n) is 6.13. The second-order valence-corrected chi connectivity index (χ2v) is 4.06. The van der Waals surface area contributed by atoms with Crippen LogP contribution in [0.3, 0.4) is 0 Å². The highest BCUT2D eigenvalue weighted by atomic mass is 19.1. The zero-order valence-electron chi connectivity index (χ0n) is 10.7. The molecule has 0 saturated carbocycles. The minimum atomic E-state index is -0.446. The molecular formula is C13H17FN4O. The van der Waals surface area contributed by atoms with E-state index in [2.05, 4.69) is 15.3 Å². The maximum Gasteiger partial charge on any atom is 0.167 e. The fourth-order valence-corrected chi connectivity index (χ4v) is 1.74. The summed E-state index contributed by atoms with van der Waals surface area (Å²) in [6.45, 7) is 2.89. The molecule has 4 N–H and O–H groups in total. The number of aromatic amines is 1. The number of benzene rings is 1. The van der Waals surface area contributed by atoms with Gasteiger partial charge in [0.2, 0.25) is 0 Å². The normalized spacial score (nSPS) is 10.4. The number of nitrogens with one attached hydrogen (secondary N) is 2. The van der Waals surface area contributed by atoms with Gasteiger partial charge in [-0.05, 0) is 6.92 Å². The lowest BCUT2D eigenvalue weighted by Gasteiger charge is -2.12. The Hall–Kier alpha value is -2.24. The van der Waals surface area contributed by atoms with Gasteiger partial charge < -0.3 is 20.8 Å². The third-order valence-corrected chi connectivity index (χ3v) is 2.67. The molecule has 102 valence electrons. The molecule has 0 unspecified atom stereocenters. The van der Waals surface area contributed by atoms with Crippen LogP contribution in [-0.2, 0) is 6.42 Å². The largest absolute Gasteiger partial charge is 0.491 e. The molecule has 0 amide bonds. The van der Waals surface area contributed by atoms with Gasteiger partial charge in [0.15, 0.2) is 11.6 Å². The molecule has 0 fully saturated rings. The van der Waals surface area contributed by atoms with Crippen LogP contribution in [0.15, 0.2) is 24.7 Å². The van der Waals surface area contributed by atoms with Gasteiger partial charge in [-0.1, -0.05) is 0 Å². The van der Waals surface area contributed by atoms with Crippen molar-refractivity contribution in [3.63, 3.8) is 0 Å². The van der Waals surface area contributed by atoms with Crippen LogP contribution in [-0.4, -0.2) is 23.1 Å². The molecule has 0 atom stereocenters. The zero-order chi connectivity index (χ0) is 13.7. The van der Waals surface area contributed by atoms with Gasteiger partial charge in [0.25, 0.3) is 0 Å². The molecule has 1 heterocycles. The van der Waals surface area contributed by atoms with E-state index in [1.165, 1.54) is 6.07 Å². The van der Waals surface area contributed by atoms with E-state index < -0.39 is 5.82 Å². The van der Waals surface area contributed by atoms with Crippen LogP contribution in [0.1, 0.15) is 12.6 Å². The average Bonchev–Trinajstić information content (AvgIpc) is 2.88. The Morgan fingerprint density at radius 1 is 1.47 bits per heavy atom. The number of aromatic nitrogens is 2. The number of hydrogen-bond donors (Lipinski definition) is 3. The third-order valence-electron chi connectivity index (χ3n) is 2.67. The van der Waals surface area contributed by atoms with Crippen molar-refractivity contribution >= 4 is 11.4 Å². The van der Waals surface area contributed by atoms with Crippen molar-refractivity contribution in [3.8, 4) is 5.75 Å². The molecule has 2 aromatic rings. The van der Waals surface area contributed by atoms with Gasteiger partial charge in [-0.25, -0.2) is 9.37 Å². The second-order valence-electron chi connectivity index (χ2n) is 4.06. The number of nitrogens with two attached hydrogens (primary N) is 1. The van der Waals surface area contributed by atoms with E-state index in [4.69, 9.17) is 10.5 Å². The van der Waals surface area contributed by atoms with Crippen molar-refractivity contribution < 1.29 is 9.13 Å². The highest BCUT2D eigenvalue weighted by molar-refractivity contribution is 5.68. The second kappa shape index (κ2) is 6.08. The molecule has 1 aromatic heterocycles. The number of imidazole rings is 1. The van der Waals surface area contributed by atoms with Crippen molar-refractivity contribution in [2.24, 2.45) is 0 Å². The molecule has 5 nitrogen and oxygen atoms in total. The molecule has 0 aliphatic carbocycles. The van der Waals surface area contributed by atoms with E-state index in [0.717, 1.165) is 12.1 Å². The first kappa shape index (κ1) is 13.2. The SMILES string of the molecule is CCOc1cc(NCCc2cnc[nH]2)c(N)cc1F. The predicted octanol–water partition coefficient (Wildman–Crippen LogP) is 2.18. The number of nitrogen functional groups attached to an aromatic ring is 1. The Balaban J connectivity index is 2.00. The Morgan fingerprint density at radius 2 is 2.32 bits per heavy atom. The van der Waals surface area contributed by atoms with Gasteiger partial charge in [-0.15, -0.1) is 0 Å². The lowest BCUT2D eigenvalue weighted by molar-refractivity contribution is 0.322. The fourth-order valence-electron chi connectivity index (χ4n) is 1.74. The minimum absolute atomic E-state index is 0.209. The van der Waals surface area contributed by atoms with Crippen molar-refractivity contribution in [2.45, 2.75) is 13.3 Å². The highest BCUT2D eigenvalue weighted by Crippen LogP contribution is 2.28. The first-order chi connectivity index (χ1) is 9.20. The van der Waals surface area contributed by atoms with Crippen molar-refractivity contribution in [3.05, 3.63) is 36.2 Å². The summed E-state index contributed by atoms with van der Waals surface area (Å²) < 4.78 is 18.7. The average molecular weight is 264 g/mol. The van der Waals surface area contributed by atoms with Crippen molar-refractivity contribution in [1.29, 1.82) is 0 Å². The first-order valence-corrected chi connectivity index (χ1v) is 6.13. The summed E-state index contributed by atoms with van der Waals surface area (Å²) in [5.74, 6) is -0.237. The smallest absolute Gasteiger partial charge is 0.167 e. The lowest BCUT2D eigenvalue weighted by Crippen LogP contribution is -2.08. The quantitative estimate of drug-likeness (QED) is 0.699. The molecule has 0 spiro atoms. The third kappa shape index (κ3) is 3.37. The van der Waals surface area contributed by atoms with E-state index >= 15 is 0 Å². The maximum absolute atomic E-state index is 13.5. The summed E-state index contributed by atoms with van der Waals surface area (Å²) in [6, 6.07) is 2.85. The summed E-state index contributed by atoms with van der Waals surface area (Å²) in [5.41, 5.74) is 7.83. The van der Waals surface area contributed by atoms with Gasteiger partial charge >= 0.3 is 0 Å². The van der Waals surface area contributed by atoms with Gasteiger partial charge in [0.1, 0.15) is 0 Å². The molecule has 0 aliphatic heterocycles. The standard InChI is InChI=1S/C13H17FN4O/c1-2-19-13-6-12(11(15)5-10(13)14)17-4-3-9-7-16-8-18-9/h5-8,17H,2-4,15H2,1H3,(H,16,18). The van der Waals surface area contributed by atoms with E-state index in [1.54, 1.807) is 25.5 Å². The van der Waals surface area contributed by atoms with Crippen LogP contribution in [0.25, 0.3) is 0 Å². The van der Waals surface area contributed by atoms with E-state index in [-0.39, 0.29) is 5.75 Å². The number of halogens is 1. The zero-order valence-corrected chi connectivity index (χ0v) is 10.7. The fraction of sp³-hybridized carbons (Fsp3) is 0.308. The summed E-state index contributed by atoms with van der Waals surface area (Å²) in [7, 11) is 0. The summed E-state index contributed by atoms with van der Waals surface area (Å²) in [5, 5.41) is 3.16. The number of ether oxygens (including phenoxy) is 1. The topological polar surface area (TPSA) is 76.0 Å². The maximum atomic E-state index is 13.5. The van der Waals surface area contributed by atoms with Crippen LogP contribution >= 0.6 is 0 Å². The van der Waals surface area contributed by atoms with E-state index in [9.17, 15) is 4.39 Å². The Morgan fingerprint density at radius 3 is 3.00 bits per heavy atom. The van der Waals surface area contributed by atoms with Crippen LogP contribution in [0, 0.1) is 5.82 Å². The van der Waals surface area contributed by atoms with Gasteiger partial charge in [-0.3, -0.25) is 0 Å². The molecule has 0 aliphatic rings. The lowest BCUT2D eigenvalue weighted by atomic mass is 10.2. The summed E-state index contributed by atoms with van der Waals surface area (Å²) in [6.07, 6.45) is 4.18. The molecule has 1 aromatic carbocycles. The Bertz CT molecular complexity index is 528. The number of H-pyrrole nitrogens is 1. The number of hydrogen-bond acceptors (Lipinski definition) is 4. The predicted molar refractivity (Wildman–Crippen MR) is 72.8 cm³/mol.